The van der Waals surface area contributed by atoms with Gasteiger partial charge in [-0.25, -0.2) is 4.68 Å². The van der Waals surface area contributed by atoms with Crippen molar-refractivity contribution in [2.24, 2.45) is 0 Å². The van der Waals surface area contributed by atoms with Gasteiger partial charge in [0.1, 0.15) is 11.3 Å². The van der Waals surface area contributed by atoms with Crippen molar-refractivity contribution in [3.05, 3.63) is 81.7 Å². The highest BCUT2D eigenvalue weighted by atomic mass is 16.6. The number of benzene rings is 2. The number of rotatable bonds is 7. The summed E-state index contributed by atoms with van der Waals surface area (Å²) in [5.41, 5.74) is 1.31. The van der Waals surface area contributed by atoms with E-state index in [1.54, 1.807) is 29.9 Å². The molecule has 0 aliphatic heterocycles. The first-order chi connectivity index (χ1) is 13.8. The molecule has 29 heavy (non-hydrogen) atoms. The molecule has 9 heteroatoms. The molecule has 2 aromatic carbocycles. The Labute approximate surface area is 167 Å². The molecule has 1 amide bonds. The average Bonchev–Trinajstić information content (AvgIpc) is 3.18. The molecule has 0 bridgehead atoms. The van der Waals surface area contributed by atoms with E-state index in [2.05, 4.69) is 15.6 Å². The number of aromatic nitrogens is 3. The van der Waals surface area contributed by atoms with Gasteiger partial charge in [-0.05, 0) is 43.2 Å². The highest BCUT2D eigenvalue weighted by Crippen LogP contribution is 2.21. The summed E-state index contributed by atoms with van der Waals surface area (Å²) in [7, 11) is 0. The Morgan fingerprint density at radius 3 is 2.45 bits per heavy atom. The highest BCUT2D eigenvalue weighted by molar-refractivity contribution is 6.04. The third-order valence-corrected chi connectivity index (χ3v) is 4.68. The summed E-state index contributed by atoms with van der Waals surface area (Å²) in [4.78, 5) is 22.5. The van der Waals surface area contributed by atoms with Crippen LogP contribution in [0.3, 0.4) is 0 Å². The lowest BCUT2D eigenvalue weighted by molar-refractivity contribution is -0.384. The summed E-state index contributed by atoms with van der Waals surface area (Å²) in [6, 6.07) is 12.6. The van der Waals surface area contributed by atoms with Gasteiger partial charge in [-0.2, -0.15) is 0 Å². The van der Waals surface area contributed by atoms with Gasteiger partial charge in [0.2, 0.25) is 0 Å². The lowest BCUT2D eigenvalue weighted by Crippen LogP contribution is -2.20. The van der Waals surface area contributed by atoms with E-state index in [4.69, 9.17) is 0 Å². The third-order valence-electron chi connectivity index (χ3n) is 4.68. The predicted molar refractivity (Wildman–Crippen MR) is 106 cm³/mol. The molecule has 0 saturated carbocycles. The zero-order valence-corrected chi connectivity index (χ0v) is 16.1. The second-order valence-electron chi connectivity index (χ2n) is 6.88. The molecule has 3 aromatic rings. The molecule has 2 N–H and O–H groups in total. The van der Waals surface area contributed by atoms with Gasteiger partial charge in [0.25, 0.3) is 11.6 Å². The van der Waals surface area contributed by atoms with Crippen LogP contribution < -0.4 is 5.32 Å². The number of carbonyl (C=O) groups is 1. The first-order valence-corrected chi connectivity index (χ1v) is 9.06. The van der Waals surface area contributed by atoms with Gasteiger partial charge < -0.3 is 10.4 Å². The van der Waals surface area contributed by atoms with Crippen LogP contribution in [-0.4, -0.2) is 30.9 Å². The zero-order chi connectivity index (χ0) is 21.0. The molecular formula is C20H21N5O4. The van der Waals surface area contributed by atoms with Crippen LogP contribution in [0.2, 0.25) is 0 Å². The molecule has 150 valence electrons. The van der Waals surface area contributed by atoms with Crippen molar-refractivity contribution in [2.75, 3.05) is 5.32 Å². The summed E-state index contributed by atoms with van der Waals surface area (Å²) in [6.07, 6.45) is 2.24. The van der Waals surface area contributed by atoms with Crippen LogP contribution in [0.15, 0.2) is 54.7 Å². The van der Waals surface area contributed by atoms with E-state index >= 15 is 0 Å². The lowest BCUT2D eigenvalue weighted by atomic mass is 10.0. The summed E-state index contributed by atoms with van der Waals surface area (Å²) in [6.45, 7) is 4.02. The fraction of sp³-hybridized carbons (Fsp3) is 0.250. The minimum Gasteiger partial charge on any atom is -0.384 e. The molecule has 1 heterocycles. The number of nitro benzene ring substituents is 1. The first-order valence-electron chi connectivity index (χ1n) is 9.06. The van der Waals surface area contributed by atoms with E-state index in [1.165, 1.54) is 24.3 Å². The highest BCUT2D eigenvalue weighted by Gasteiger charge is 2.24. The molecule has 0 radical (unpaired) electrons. The topological polar surface area (TPSA) is 123 Å². The normalized spacial score (nSPS) is 12.9. The fourth-order valence-corrected chi connectivity index (χ4v) is 2.62. The predicted octanol–water partition coefficient (Wildman–Crippen LogP) is 3.10. The Morgan fingerprint density at radius 2 is 1.86 bits per heavy atom. The number of nitro groups is 1. The number of carbonyl (C=O) groups excluding carboxylic acids is 1. The van der Waals surface area contributed by atoms with E-state index in [9.17, 15) is 20.0 Å². The maximum atomic E-state index is 12.3. The van der Waals surface area contributed by atoms with E-state index in [0.717, 1.165) is 5.56 Å². The molecule has 0 aliphatic carbocycles. The van der Waals surface area contributed by atoms with Gasteiger partial charge >= 0.3 is 0 Å². The number of nitrogens with one attached hydrogen (secondary N) is 1. The number of hydrogen-bond acceptors (Lipinski definition) is 6. The molecule has 1 atom stereocenters. The number of nitrogens with zero attached hydrogens (tertiary/aromatic N) is 4. The standard InChI is InChI=1S/C20H21N5O4/c1-3-20(2,27)18-13-24(23-22-18)12-14-4-6-15(7-5-14)19(26)21-16-8-10-17(11-9-16)25(28)29/h4-11,13,27H,3,12H2,1-2H3,(H,21,26). The Balaban J connectivity index is 1.63. The Hall–Kier alpha value is -3.59. The van der Waals surface area contributed by atoms with Crippen LogP contribution in [0.25, 0.3) is 0 Å². The molecule has 9 nitrogen and oxygen atoms in total. The van der Waals surface area contributed by atoms with Crippen LogP contribution in [0, 0.1) is 10.1 Å². The van der Waals surface area contributed by atoms with Crippen molar-refractivity contribution in [2.45, 2.75) is 32.4 Å². The monoisotopic (exact) mass is 395 g/mol. The molecule has 1 aromatic heterocycles. The third kappa shape index (κ3) is 4.82. The van der Waals surface area contributed by atoms with Crippen LogP contribution in [-0.2, 0) is 12.1 Å². The molecular weight excluding hydrogens is 374 g/mol. The smallest absolute Gasteiger partial charge is 0.269 e. The molecule has 0 aliphatic rings. The van der Waals surface area contributed by atoms with Crippen molar-refractivity contribution in [1.29, 1.82) is 0 Å². The quantitative estimate of drug-likeness (QED) is 0.468. The largest absolute Gasteiger partial charge is 0.384 e. The number of amides is 1. The fourth-order valence-electron chi connectivity index (χ4n) is 2.62. The molecule has 1 unspecified atom stereocenters. The second kappa shape index (κ2) is 8.19. The van der Waals surface area contributed by atoms with E-state index in [0.29, 0.717) is 29.9 Å². The summed E-state index contributed by atoms with van der Waals surface area (Å²) in [5.74, 6) is -0.313. The van der Waals surface area contributed by atoms with Gasteiger partial charge in [-0.3, -0.25) is 14.9 Å². The second-order valence-corrected chi connectivity index (χ2v) is 6.88. The molecule has 0 fully saturated rings. The number of aliphatic hydroxyl groups is 1. The van der Waals surface area contributed by atoms with Crippen molar-refractivity contribution in [3.8, 4) is 0 Å². The Bertz CT molecular complexity index is 1010. The summed E-state index contributed by atoms with van der Waals surface area (Å²) < 4.78 is 1.63. The minimum atomic E-state index is -1.02. The van der Waals surface area contributed by atoms with Crippen LogP contribution in [0.1, 0.15) is 41.9 Å². The van der Waals surface area contributed by atoms with Gasteiger partial charge in [0, 0.05) is 23.4 Å². The van der Waals surface area contributed by atoms with Crippen molar-refractivity contribution in [1.82, 2.24) is 15.0 Å². The Kier molecular flexibility index (Phi) is 5.69. The van der Waals surface area contributed by atoms with E-state index in [-0.39, 0.29) is 11.6 Å². The van der Waals surface area contributed by atoms with Gasteiger partial charge in [-0.15, -0.1) is 5.10 Å². The number of non-ortho nitro benzene ring substituents is 1. The summed E-state index contributed by atoms with van der Waals surface area (Å²) in [5, 5.41) is 31.7. The maximum absolute atomic E-state index is 12.3. The molecule has 0 spiro atoms. The summed E-state index contributed by atoms with van der Waals surface area (Å²) >= 11 is 0. The SMILES string of the molecule is CCC(C)(O)c1cn(Cc2ccc(C(=O)Nc3ccc([N+](=O)[O-])cc3)cc2)nn1. The van der Waals surface area contributed by atoms with Crippen molar-refractivity contribution >= 4 is 17.3 Å². The van der Waals surface area contributed by atoms with Crippen molar-refractivity contribution < 1.29 is 14.8 Å². The molecule has 3 rings (SSSR count). The van der Waals surface area contributed by atoms with Crippen molar-refractivity contribution in [3.63, 3.8) is 0 Å². The first kappa shape index (κ1) is 20.2. The lowest BCUT2D eigenvalue weighted by Gasteiger charge is -2.16. The van der Waals surface area contributed by atoms with Crippen LogP contribution >= 0.6 is 0 Å². The maximum Gasteiger partial charge on any atom is 0.269 e. The van der Waals surface area contributed by atoms with Gasteiger partial charge in [0.05, 0.1) is 17.7 Å². The average molecular weight is 395 g/mol. The minimum absolute atomic E-state index is 0.0379. The van der Waals surface area contributed by atoms with E-state index < -0.39 is 10.5 Å². The van der Waals surface area contributed by atoms with Crippen LogP contribution in [0.5, 0.6) is 0 Å². The van der Waals surface area contributed by atoms with Gasteiger partial charge in [0.15, 0.2) is 0 Å². The van der Waals surface area contributed by atoms with Crippen LogP contribution in [0.4, 0.5) is 11.4 Å². The van der Waals surface area contributed by atoms with Gasteiger partial charge in [-0.1, -0.05) is 24.3 Å². The zero-order valence-electron chi connectivity index (χ0n) is 16.1. The van der Waals surface area contributed by atoms with E-state index in [1.807, 2.05) is 19.1 Å². The number of hydrogen-bond donors (Lipinski definition) is 2. The Morgan fingerprint density at radius 1 is 1.21 bits per heavy atom. The molecule has 0 saturated heterocycles. The number of anilines is 1.